The second-order valence-corrected chi connectivity index (χ2v) is 10.2. The fraction of sp³-hybridized carbons (Fsp3) is 0.818. The molecular weight excluding hydrogens is 376 g/mol. The van der Waals surface area contributed by atoms with Crippen molar-refractivity contribution in [1.82, 2.24) is 0 Å². The molecule has 7 nitrogen and oxygen atoms in total. The van der Waals surface area contributed by atoms with Gasteiger partial charge in [0.15, 0.2) is 0 Å². The average molecular weight is 408 g/mol. The maximum Gasteiger partial charge on any atom is 0.333 e. The second-order valence-electron chi connectivity index (χ2n) is 10.2. The molecule has 4 rings (SSSR count). The van der Waals surface area contributed by atoms with Crippen LogP contribution >= 0.6 is 0 Å². The third-order valence-electron chi connectivity index (χ3n) is 8.52. The Morgan fingerprint density at radius 2 is 2.03 bits per heavy atom. The van der Waals surface area contributed by atoms with E-state index >= 15 is 0 Å². The third kappa shape index (κ3) is 2.81. The highest BCUT2D eigenvalue weighted by atomic mass is 16.7. The Hall–Kier alpha value is -1.44. The summed E-state index contributed by atoms with van der Waals surface area (Å²) in [5, 5.41) is 32.9. The molecule has 1 heterocycles. The van der Waals surface area contributed by atoms with E-state index in [0.717, 1.165) is 19.3 Å². The summed E-state index contributed by atoms with van der Waals surface area (Å²) in [6.45, 7) is 7.26. The van der Waals surface area contributed by atoms with Gasteiger partial charge >= 0.3 is 11.9 Å². The van der Waals surface area contributed by atoms with Crippen molar-refractivity contribution in [2.75, 3.05) is 6.61 Å². The van der Waals surface area contributed by atoms with Gasteiger partial charge in [-0.15, -0.1) is 0 Å². The molecule has 3 N–H and O–H groups in total. The Labute approximate surface area is 171 Å². The number of fused-ring (bicyclic) bond motifs is 4. The first-order valence-corrected chi connectivity index (χ1v) is 10.6. The number of esters is 2. The number of rotatable bonds is 2. The minimum absolute atomic E-state index is 0.0743. The molecule has 1 aliphatic heterocycles. The van der Waals surface area contributed by atoms with Crippen LogP contribution in [0.1, 0.15) is 53.4 Å². The minimum Gasteiger partial charge on any atom is -0.459 e. The molecule has 9 atom stereocenters. The van der Waals surface area contributed by atoms with Crippen molar-refractivity contribution >= 4 is 11.9 Å². The van der Waals surface area contributed by atoms with Crippen LogP contribution in [0.3, 0.4) is 0 Å². The monoisotopic (exact) mass is 408 g/mol. The van der Waals surface area contributed by atoms with E-state index in [1.165, 1.54) is 13.0 Å². The predicted octanol–water partition coefficient (Wildman–Crippen LogP) is 1.54. The Bertz CT molecular complexity index is 762. The first kappa shape index (κ1) is 20.8. The summed E-state index contributed by atoms with van der Waals surface area (Å²) in [6.07, 6.45) is 2.33. The van der Waals surface area contributed by atoms with E-state index in [0.29, 0.717) is 5.57 Å². The van der Waals surface area contributed by atoms with Crippen molar-refractivity contribution in [3.05, 3.63) is 11.6 Å². The van der Waals surface area contributed by atoms with Crippen molar-refractivity contribution in [2.24, 2.45) is 34.5 Å². The van der Waals surface area contributed by atoms with Gasteiger partial charge in [0.25, 0.3) is 0 Å². The summed E-state index contributed by atoms with van der Waals surface area (Å²) in [5.74, 6) is -3.69. The van der Waals surface area contributed by atoms with Crippen LogP contribution in [0.25, 0.3) is 0 Å². The summed E-state index contributed by atoms with van der Waals surface area (Å²) in [5.41, 5.74) is -0.426. The third-order valence-corrected chi connectivity index (χ3v) is 8.52. The zero-order valence-electron chi connectivity index (χ0n) is 17.6. The van der Waals surface area contributed by atoms with Gasteiger partial charge in [-0.25, -0.2) is 4.79 Å². The molecule has 162 valence electrons. The quantitative estimate of drug-likeness (QED) is 0.594. The highest BCUT2D eigenvalue weighted by molar-refractivity contribution is 5.86. The number of carbonyl (C=O) groups excluding carboxylic acids is 2. The Balaban J connectivity index is 1.85. The van der Waals surface area contributed by atoms with Gasteiger partial charge in [0.05, 0.1) is 6.10 Å². The van der Waals surface area contributed by atoms with E-state index in [9.17, 15) is 24.9 Å². The smallest absolute Gasteiger partial charge is 0.333 e. The van der Waals surface area contributed by atoms with E-state index in [4.69, 9.17) is 9.47 Å². The van der Waals surface area contributed by atoms with Crippen LogP contribution < -0.4 is 0 Å². The van der Waals surface area contributed by atoms with Gasteiger partial charge in [-0.05, 0) is 41.4 Å². The molecule has 3 fully saturated rings. The van der Waals surface area contributed by atoms with Gasteiger partial charge in [0, 0.05) is 37.5 Å². The standard InChI is InChI=1S/C22H32O7/c1-11-13-8-15(25)29-22(13,27)9-14-16(11)17(26)18(28-12(2)24)19-20(3,10-23)6-5-7-21(14,19)4/h8,11,14,16-19,23,26-27H,5-7,9-10H2,1-4H3/t11-,14+,16-,17-,18-,19+,20+,21+,22-/m1/s1. The zero-order valence-corrected chi connectivity index (χ0v) is 17.6. The second kappa shape index (κ2) is 6.53. The lowest BCUT2D eigenvalue weighted by atomic mass is 9.41. The molecule has 0 bridgehead atoms. The summed E-state index contributed by atoms with van der Waals surface area (Å²) in [7, 11) is 0. The van der Waals surface area contributed by atoms with E-state index < -0.39 is 40.8 Å². The Kier molecular flexibility index (Phi) is 4.69. The molecule has 3 aliphatic carbocycles. The highest BCUT2D eigenvalue weighted by Crippen LogP contribution is 2.67. The molecule has 0 aromatic rings. The SMILES string of the molecule is CC(=O)O[C@@H]1[C@H](O)[C@@H]2[C@H](C)C3=CC(=O)O[C@]3(O)C[C@@H]2[C@]2(C)CCC[C@@](C)(CO)[C@H]12. The molecule has 7 heteroatoms. The molecule has 0 unspecified atom stereocenters. The van der Waals surface area contributed by atoms with E-state index in [1.807, 2.05) is 13.8 Å². The number of hydrogen-bond donors (Lipinski definition) is 3. The van der Waals surface area contributed by atoms with Crippen molar-refractivity contribution in [2.45, 2.75) is 71.4 Å². The molecule has 0 amide bonds. The lowest BCUT2D eigenvalue weighted by molar-refractivity contribution is -0.269. The van der Waals surface area contributed by atoms with Gasteiger partial charge in [0.2, 0.25) is 5.79 Å². The van der Waals surface area contributed by atoms with Crippen LogP contribution in [0.4, 0.5) is 0 Å². The lowest BCUT2D eigenvalue weighted by Crippen LogP contribution is -2.68. The number of carbonyl (C=O) groups is 2. The Morgan fingerprint density at radius 3 is 2.66 bits per heavy atom. The van der Waals surface area contributed by atoms with Crippen molar-refractivity contribution in [3.63, 3.8) is 0 Å². The minimum atomic E-state index is -1.65. The lowest BCUT2D eigenvalue weighted by Gasteiger charge is -2.65. The number of ether oxygens (including phenoxy) is 2. The highest BCUT2D eigenvalue weighted by Gasteiger charge is 2.68. The van der Waals surface area contributed by atoms with Crippen LogP contribution in [-0.4, -0.2) is 51.9 Å². The number of aliphatic hydroxyl groups is 3. The summed E-state index contributed by atoms with van der Waals surface area (Å²) in [4.78, 5) is 23.9. The van der Waals surface area contributed by atoms with Crippen LogP contribution in [-0.2, 0) is 19.1 Å². The molecule has 0 aromatic heterocycles. The van der Waals surface area contributed by atoms with Crippen LogP contribution in [0.2, 0.25) is 0 Å². The van der Waals surface area contributed by atoms with E-state index in [-0.39, 0.29) is 36.7 Å². The molecule has 0 aromatic carbocycles. The van der Waals surface area contributed by atoms with Crippen LogP contribution in [0.15, 0.2) is 11.6 Å². The fourth-order valence-electron chi connectivity index (χ4n) is 7.43. The van der Waals surface area contributed by atoms with Crippen molar-refractivity contribution in [1.29, 1.82) is 0 Å². The summed E-state index contributed by atoms with van der Waals surface area (Å²) >= 11 is 0. The molecule has 0 saturated heterocycles. The Morgan fingerprint density at radius 1 is 1.34 bits per heavy atom. The van der Waals surface area contributed by atoms with Crippen LogP contribution in [0.5, 0.6) is 0 Å². The number of hydrogen-bond acceptors (Lipinski definition) is 7. The largest absolute Gasteiger partial charge is 0.459 e. The normalized spacial score (nSPS) is 51.3. The van der Waals surface area contributed by atoms with Gasteiger partial charge in [-0.2, -0.15) is 0 Å². The van der Waals surface area contributed by atoms with E-state index in [1.54, 1.807) is 0 Å². The number of aliphatic hydroxyl groups excluding tert-OH is 2. The van der Waals surface area contributed by atoms with Crippen molar-refractivity contribution in [3.8, 4) is 0 Å². The van der Waals surface area contributed by atoms with Crippen LogP contribution in [0, 0.1) is 34.5 Å². The maximum atomic E-state index is 11.9. The van der Waals surface area contributed by atoms with E-state index in [2.05, 4.69) is 6.92 Å². The van der Waals surface area contributed by atoms with Gasteiger partial charge in [-0.3, -0.25) is 4.79 Å². The fourth-order valence-corrected chi connectivity index (χ4v) is 7.43. The van der Waals surface area contributed by atoms with Gasteiger partial charge < -0.3 is 24.8 Å². The predicted molar refractivity (Wildman–Crippen MR) is 102 cm³/mol. The first-order chi connectivity index (χ1) is 13.5. The average Bonchev–Trinajstić information content (AvgIpc) is 2.93. The summed E-state index contributed by atoms with van der Waals surface area (Å²) in [6, 6.07) is 0. The zero-order chi connectivity index (χ0) is 21.4. The maximum absolute atomic E-state index is 11.9. The molecular formula is C22H32O7. The van der Waals surface area contributed by atoms with Crippen molar-refractivity contribution < 1.29 is 34.4 Å². The molecule has 3 saturated carbocycles. The molecule has 0 radical (unpaired) electrons. The topological polar surface area (TPSA) is 113 Å². The molecule has 0 spiro atoms. The summed E-state index contributed by atoms with van der Waals surface area (Å²) < 4.78 is 11.0. The molecule has 29 heavy (non-hydrogen) atoms. The molecule has 4 aliphatic rings. The van der Waals surface area contributed by atoms with Gasteiger partial charge in [-0.1, -0.05) is 27.2 Å². The first-order valence-electron chi connectivity index (χ1n) is 10.6. The van der Waals surface area contributed by atoms with Gasteiger partial charge in [0.1, 0.15) is 6.10 Å².